The van der Waals surface area contributed by atoms with E-state index in [0.717, 1.165) is 0 Å². The Morgan fingerprint density at radius 1 is 0.762 bits per heavy atom. The van der Waals surface area contributed by atoms with E-state index in [4.69, 9.17) is 0 Å². The molecular formula is C14H9LiO5S. The zero-order chi connectivity index (χ0) is 14.3. The third-order valence-electron chi connectivity index (χ3n) is 3.08. The minimum absolute atomic E-state index is 0. The monoisotopic (exact) mass is 296 g/mol. The summed E-state index contributed by atoms with van der Waals surface area (Å²) in [5, 5.41) is 0. The first kappa shape index (κ1) is 15.5. The van der Waals surface area contributed by atoms with Gasteiger partial charge in [0, 0.05) is 22.3 Å². The van der Waals surface area contributed by atoms with E-state index in [1.54, 1.807) is 24.3 Å². The maximum atomic E-state index is 12.3. The maximum absolute atomic E-state index is 12.3. The number of carbonyl (C=O) groups is 2. The van der Waals surface area contributed by atoms with Crippen LogP contribution in [-0.2, 0) is 11.0 Å². The predicted octanol–water partition coefficient (Wildman–Crippen LogP) is 0.719. The van der Waals surface area contributed by atoms with Crippen molar-refractivity contribution in [2.75, 3.05) is 0 Å². The molecule has 102 valence electrons. The zero-order valence-corrected chi connectivity index (χ0v) is 10.9. The SMILES string of the molecule is O=C1c2ccccc2C(=O)c2cc(O[SH](=O)=O)ccc21.[LiH]. The Morgan fingerprint density at radius 2 is 1.29 bits per heavy atom. The quantitative estimate of drug-likeness (QED) is 0.557. The second-order valence-corrected chi connectivity index (χ2v) is 4.86. The molecule has 0 fully saturated rings. The van der Waals surface area contributed by atoms with Gasteiger partial charge in [-0.15, -0.1) is 0 Å². The molecule has 0 spiro atoms. The standard InChI is InChI=1S/C14H8O5S.Li.H/c15-13-9-3-1-2-4-10(9)14(16)12-7-8(19-20(17)18)5-6-11(12)13;;/h1-7,20H;;. The van der Waals surface area contributed by atoms with Gasteiger partial charge in [0.25, 0.3) is 11.0 Å². The van der Waals surface area contributed by atoms with E-state index in [1.165, 1.54) is 18.2 Å². The molecule has 0 heterocycles. The summed E-state index contributed by atoms with van der Waals surface area (Å²) in [5.74, 6) is -0.560. The normalized spacial score (nSPS) is 12.4. The molecule has 2 aromatic carbocycles. The number of thiol groups is 1. The molecule has 0 saturated carbocycles. The van der Waals surface area contributed by atoms with Crippen LogP contribution in [0.25, 0.3) is 0 Å². The van der Waals surface area contributed by atoms with Crippen molar-refractivity contribution in [1.29, 1.82) is 0 Å². The Bertz CT molecular complexity index is 818. The molecule has 21 heavy (non-hydrogen) atoms. The second kappa shape index (κ2) is 5.86. The van der Waals surface area contributed by atoms with Crippen molar-refractivity contribution in [3.05, 3.63) is 64.7 Å². The van der Waals surface area contributed by atoms with Crippen LogP contribution in [0.2, 0.25) is 0 Å². The Kier molecular flexibility index (Phi) is 4.33. The van der Waals surface area contributed by atoms with E-state index in [2.05, 4.69) is 4.18 Å². The summed E-state index contributed by atoms with van der Waals surface area (Å²) >= 11 is 0. The van der Waals surface area contributed by atoms with Gasteiger partial charge in [-0.05, 0) is 18.2 Å². The molecule has 0 amide bonds. The van der Waals surface area contributed by atoms with Gasteiger partial charge >= 0.3 is 18.9 Å². The van der Waals surface area contributed by atoms with Crippen molar-refractivity contribution in [3.63, 3.8) is 0 Å². The first-order valence-electron chi connectivity index (χ1n) is 5.73. The Labute approximate surface area is 134 Å². The first-order chi connectivity index (χ1) is 9.58. The van der Waals surface area contributed by atoms with E-state index >= 15 is 0 Å². The molecule has 0 N–H and O–H groups in total. The van der Waals surface area contributed by atoms with Gasteiger partial charge in [0.1, 0.15) is 5.75 Å². The molecular weight excluding hydrogens is 287 g/mol. The van der Waals surface area contributed by atoms with Crippen LogP contribution in [0, 0.1) is 0 Å². The molecule has 2 aromatic rings. The topological polar surface area (TPSA) is 77.5 Å². The van der Waals surface area contributed by atoms with Crippen molar-refractivity contribution in [2.45, 2.75) is 0 Å². The molecule has 0 aromatic heterocycles. The number of hydrogen-bond acceptors (Lipinski definition) is 5. The number of carbonyl (C=O) groups excluding carboxylic acids is 2. The van der Waals surface area contributed by atoms with Gasteiger partial charge in [0.05, 0.1) is 0 Å². The van der Waals surface area contributed by atoms with Gasteiger partial charge in [-0.3, -0.25) is 9.59 Å². The summed E-state index contributed by atoms with van der Waals surface area (Å²) in [7, 11) is -3.06. The minimum atomic E-state index is -3.06. The fourth-order valence-electron chi connectivity index (χ4n) is 2.22. The molecule has 0 bridgehead atoms. The van der Waals surface area contributed by atoms with E-state index in [-0.39, 0.29) is 47.3 Å². The third-order valence-corrected chi connectivity index (χ3v) is 3.44. The van der Waals surface area contributed by atoms with Crippen LogP contribution in [-0.4, -0.2) is 38.8 Å². The summed E-state index contributed by atoms with van der Waals surface area (Å²) in [6, 6.07) is 10.6. The van der Waals surface area contributed by atoms with Gasteiger partial charge in [0.15, 0.2) is 11.6 Å². The summed E-state index contributed by atoms with van der Waals surface area (Å²) in [6.45, 7) is 0. The van der Waals surface area contributed by atoms with Crippen molar-refractivity contribution >= 4 is 41.4 Å². The Morgan fingerprint density at radius 3 is 1.86 bits per heavy atom. The molecule has 0 saturated heterocycles. The van der Waals surface area contributed by atoms with E-state index < -0.39 is 11.0 Å². The predicted molar refractivity (Wildman–Crippen MR) is 77.8 cm³/mol. The molecule has 5 nitrogen and oxygen atoms in total. The van der Waals surface area contributed by atoms with Crippen molar-refractivity contribution in [3.8, 4) is 5.75 Å². The van der Waals surface area contributed by atoms with Crippen LogP contribution in [0.15, 0.2) is 42.5 Å². The van der Waals surface area contributed by atoms with Crippen LogP contribution in [0.1, 0.15) is 31.8 Å². The average molecular weight is 296 g/mol. The molecule has 7 heteroatoms. The van der Waals surface area contributed by atoms with Crippen molar-refractivity contribution < 1.29 is 22.2 Å². The summed E-state index contributed by atoms with van der Waals surface area (Å²) in [4.78, 5) is 24.6. The van der Waals surface area contributed by atoms with Crippen molar-refractivity contribution in [1.82, 2.24) is 0 Å². The van der Waals surface area contributed by atoms with Crippen LogP contribution in [0.5, 0.6) is 5.75 Å². The molecule has 0 unspecified atom stereocenters. The third kappa shape index (κ3) is 2.66. The molecule has 0 radical (unpaired) electrons. The van der Waals surface area contributed by atoms with Crippen LogP contribution in [0.3, 0.4) is 0 Å². The Hall–Kier alpha value is -1.87. The van der Waals surface area contributed by atoms with E-state index in [9.17, 15) is 18.0 Å². The van der Waals surface area contributed by atoms with E-state index in [0.29, 0.717) is 11.1 Å². The van der Waals surface area contributed by atoms with Crippen LogP contribution < -0.4 is 4.18 Å². The molecule has 1 aliphatic carbocycles. The number of rotatable bonds is 2. The summed E-state index contributed by atoms with van der Waals surface area (Å²) in [6.07, 6.45) is 0. The fourth-order valence-corrected chi connectivity index (χ4v) is 2.51. The van der Waals surface area contributed by atoms with Gasteiger partial charge in [-0.1, -0.05) is 24.3 Å². The number of benzene rings is 2. The molecule has 3 rings (SSSR count). The summed E-state index contributed by atoms with van der Waals surface area (Å²) < 4.78 is 25.6. The van der Waals surface area contributed by atoms with Crippen LogP contribution >= 0.6 is 0 Å². The number of hydrogen-bond donors (Lipinski definition) is 1. The number of fused-ring (bicyclic) bond motifs is 2. The molecule has 0 aliphatic heterocycles. The fraction of sp³-hybridized carbons (Fsp3) is 0. The zero-order valence-electron chi connectivity index (χ0n) is 10.0. The average Bonchev–Trinajstić information content (AvgIpc) is 2.44. The van der Waals surface area contributed by atoms with Gasteiger partial charge in [-0.2, -0.15) is 8.42 Å². The molecule has 0 atom stereocenters. The van der Waals surface area contributed by atoms with E-state index in [1.807, 2.05) is 0 Å². The Balaban J connectivity index is 0.00000161. The van der Waals surface area contributed by atoms with Gasteiger partial charge < -0.3 is 4.18 Å². The first-order valence-corrected chi connectivity index (χ1v) is 6.82. The van der Waals surface area contributed by atoms with Gasteiger partial charge in [-0.25, -0.2) is 0 Å². The van der Waals surface area contributed by atoms with Gasteiger partial charge in [0.2, 0.25) is 0 Å². The number of ketones is 2. The van der Waals surface area contributed by atoms with Crippen molar-refractivity contribution in [2.24, 2.45) is 0 Å². The molecule has 1 aliphatic rings. The second-order valence-electron chi connectivity index (χ2n) is 4.23. The van der Waals surface area contributed by atoms with Crippen LogP contribution in [0.4, 0.5) is 0 Å². The summed E-state index contributed by atoms with van der Waals surface area (Å²) in [5.41, 5.74) is 1.08.